The third-order valence-corrected chi connectivity index (χ3v) is 3.36. The van der Waals surface area contributed by atoms with Crippen molar-refractivity contribution in [2.45, 2.75) is 39.7 Å². The van der Waals surface area contributed by atoms with Gasteiger partial charge < -0.3 is 5.32 Å². The number of benzene rings is 1. The third-order valence-electron chi connectivity index (χ3n) is 3.36. The molecule has 0 radical (unpaired) electrons. The summed E-state index contributed by atoms with van der Waals surface area (Å²) in [4.78, 5) is 0. The molecule has 17 heavy (non-hydrogen) atoms. The molecule has 0 aliphatic rings. The first-order valence-electron chi connectivity index (χ1n) is 6.13. The fourth-order valence-electron chi connectivity index (χ4n) is 1.90. The Bertz CT molecular complexity index is 377. The van der Waals surface area contributed by atoms with Gasteiger partial charge in [-0.2, -0.15) is 0 Å². The molecule has 0 saturated heterocycles. The lowest BCUT2D eigenvalue weighted by molar-refractivity contribution is 0.401. The molecule has 1 aromatic rings. The molecule has 1 N–H and O–H groups in total. The predicted octanol–water partition coefficient (Wildman–Crippen LogP) is 3.97. The Morgan fingerprint density at radius 2 is 1.88 bits per heavy atom. The summed E-state index contributed by atoms with van der Waals surface area (Å²) in [5, 5.41) is 3.06. The Balaban J connectivity index is 3.00. The van der Waals surface area contributed by atoms with Crippen molar-refractivity contribution in [3.05, 3.63) is 34.9 Å². The van der Waals surface area contributed by atoms with Gasteiger partial charge in [0, 0.05) is 11.6 Å². The summed E-state index contributed by atoms with van der Waals surface area (Å²) in [6.07, 6.45) is 1.85. The van der Waals surface area contributed by atoms with Gasteiger partial charge in [-0.05, 0) is 31.9 Å². The highest BCUT2D eigenvalue weighted by Gasteiger charge is 2.19. The highest BCUT2D eigenvalue weighted by atomic mass is 19.2. The van der Waals surface area contributed by atoms with Gasteiger partial charge in [0.05, 0.1) is 0 Å². The summed E-state index contributed by atoms with van der Waals surface area (Å²) in [5.74, 6) is -0.962. The number of hydrogen-bond acceptors (Lipinski definition) is 1. The summed E-state index contributed by atoms with van der Waals surface area (Å²) in [5.41, 5.74) is 0.778. The van der Waals surface area contributed by atoms with Crippen LogP contribution in [0.15, 0.2) is 12.1 Å². The molecular formula is C14H21F2N. The van der Waals surface area contributed by atoms with E-state index in [1.165, 1.54) is 0 Å². The van der Waals surface area contributed by atoms with Crippen molar-refractivity contribution in [3.8, 4) is 0 Å². The summed E-state index contributed by atoms with van der Waals surface area (Å²) >= 11 is 0. The summed E-state index contributed by atoms with van der Waals surface area (Å²) in [6.45, 7) is 5.79. The average molecular weight is 241 g/mol. The van der Waals surface area contributed by atoms with Crippen molar-refractivity contribution in [2.24, 2.45) is 5.92 Å². The molecular weight excluding hydrogens is 220 g/mol. The van der Waals surface area contributed by atoms with Gasteiger partial charge in [0.25, 0.3) is 0 Å². The van der Waals surface area contributed by atoms with E-state index in [-0.39, 0.29) is 6.04 Å². The second-order valence-electron chi connectivity index (χ2n) is 4.69. The minimum absolute atomic E-state index is 0.125. The average Bonchev–Trinajstić information content (AvgIpc) is 2.33. The normalized spacial score (nSPS) is 14.7. The highest BCUT2D eigenvalue weighted by molar-refractivity contribution is 5.27. The number of halogens is 2. The van der Waals surface area contributed by atoms with Crippen LogP contribution < -0.4 is 5.32 Å². The van der Waals surface area contributed by atoms with Crippen LogP contribution in [0.4, 0.5) is 8.78 Å². The molecule has 0 amide bonds. The zero-order valence-corrected chi connectivity index (χ0v) is 11.0. The first kappa shape index (κ1) is 14.1. The van der Waals surface area contributed by atoms with Crippen molar-refractivity contribution in [3.63, 3.8) is 0 Å². The van der Waals surface area contributed by atoms with Crippen molar-refractivity contribution < 1.29 is 8.78 Å². The van der Waals surface area contributed by atoms with E-state index in [0.29, 0.717) is 17.0 Å². The molecule has 0 heterocycles. The molecule has 0 saturated carbocycles. The van der Waals surface area contributed by atoms with E-state index in [2.05, 4.69) is 19.2 Å². The number of nitrogens with one attached hydrogen (secondary N) is 1. The smallest absolute Gasteiger partial charge is 0.163 e. The van der Waals surface area contributed by atoms with Crippen LogP contribution in [0.3, 0.4) is 0 Å². The molecule has 3 heteroatoms. The lowest BCUT2D eigenvalue weighted by Gasteiger charge is -2.21. The Morgan fingerprint density at radius 3 is 2.41 bits per heavy atom. The van der Waals surface area contributed by atoms with Crippen LogP contribution in [0.1, 0.15) is 43.9 Å². The van der Waals surface area contributed by atoms with Gasteiger partial charge in [-0.15, -0.1) is 0 Å². The molecule has 0 spiro atoms. The molecule has 1 nitrogen and oxygen atoms in total. The van der Waals surface area contributed by atoms with Gasteiger partial charge in [0.2, 0.25) is 0 Å². The Labute approximate surface area is 102 Å². The lowest BCUT2D eigenvalue weighted by Crippen LogP contribution is -2.20. The van der Waals surface area contributed by atoms with Crippen molar-refractivity contribution in [2.75, 3.05) is 7.05 Å². The molecule has 0 aliphatic heterocycles. The van der Waals surface area contributed by atoms with Crippen molar-refractivity contribution >= 4 is 0 Å². The first-order valence-corrected chi connectivity index (χ1v) is 6.13. The Kier molecular flexibility index (Phi) is 5.06. The molecule has 2 unspecified atom stereocenters. The molecule has 0 aliphatic carbocycles. The van der Waals surface area contributed by atoms with Crippen LogP contribution in [-0.2, 0) is 0 Å². The van der Waals surface area contributed by atoms with Gasteiger partial charge in [0.15, 0.2) is 11.6 Å². The minimum Gasteiger partial charge on any atom is -0.313 e. The maximum atomic E-state index is 13.8. The van der Waals surface area contributed by atoms with E-state index >= 15 is 0 Å². The zero-order chi connectivity index (χ0) is 13.0. The summed E-state index contributed by atoms with van der Waals surface area (Å²) in [7, 11) is 1.78. The molecule has 1 aromatic carbocycles. The fraction of sp³-hybridized carbons (Fsp3) is 0.571. The second kappa shape index (κ2) is 6.10. The van der Waals surface area contributed by atoms with Crippen LogP contribution in [0.2, 0.25) is 0 Å². The van der Waals surface area contributed by atoms with Crippen LogP contribution >= 0.6 is 0 Å². The molecule has 0 bridgehead atoms. The largest absolute Gasteiger partial charge is 0.313 e. The minimum atomic E-state index is -0.730. The first-order chi connectivity index (χ1) is 8.01. The fourth-order valence-corrected chi connectivity index (χ4v) is 1.90. The highest BCUT2D eigenvalue weighted by Crippen LogP contribution is 2.27. The van der Waals surface area contributed by atoms with E-state index in [0.717, 1.165) is 12.8 Å². The number of hydrogen-bond donors (Lipinski definition) is 1. The van der Waals surface area contributed by atoms with E-state index < -0.39 is 11.6 Å². The van der Waals surface area contributed by atoms with E-state index in [1.54, 1.807) is 26.1 Å². The zero-order valence-electron chi connectivity index (χ0n) is 11.0. The predicted molar refractivity (Wildman–Crippen MR) is 67.0 cm³/mol. The van der Waals surface area contributed by atoms with Gasteiger partial charge in [-0.3, -0.25) is 0 Å². The SMILES string of the molecule is CCC(C)CC(NC)c1ccc(C)c(F)c1F. The maximum Gasteiger partial charge on any atom is 0.163 e. The quantitative estimate of drug-likeness (QED) is 0.822. The lowest BCUT2D eigenvalue weighted by atomic mass is 9.93. The molecule has 2 atom stereocenters. The molecule has 96 valence electrons. The van der Waals surface area contributed by atoms with Crippen LogP contribution in [0.5, 0.6) is 0 Å². The number of aryl methyl sites for hydroxylation is 1. The molecule has 1 rings (SSSR count). The molecule has 0 aromatic heterocycles. The number of rotatable bonds is 5. The van der Waals surface area contributed by atoms with Crippen LogP contribution in [0, 0.1) is 24.5 Å². The molecule has 0 fully saturated rings. The Morgan fingerprint density at radius 1 is 1.24 bits per heavy atom. The van der Waals surface area contributed by atoms with Gasteiger partial charge >= 0.3 is 0 Å². The van der Waals surface area contributed by atoms with E-state index in [9.17, 15) is 8.78 Å². The van der Waals surface area contributed by atoms with Gasteiger partial charge in [-0.1, -0.05) is 32.4 Å². The van der Waals surface area contributed by atoms with Crippen molar-refractivity contribution in [1.29, 1.82) is 0 Å². The third kappa shape index (κ3) is 3.25. The standard InChI is InChI=1S/C14H21F2N/c1-5-9(2)8-12(17-4)11-7-6-10(3)13(15)14(11)16/h6-7,9,12,17H,5,8H2,1-4H3. The second-order valence-corrected chi connectivity index (χ2v) is 4.69. The van der Waals surface area contributed by atoms with E-state index in [4.69, 9.17) is 0 Å². The maximum absolute atomic E-state index is 13.8. The Hall–Kier alpha value is -0.960. The summed E-state index contributed by atoms with van der Waals surface area (Å²) in [6, 6.07) is 3.19. The van der Waals surface area contributed by atoms with Gasteiger partial charge in [0.1, 0.15) is 0 Å². The van der Waals surface area contributed by atoms with Crippen molar-refractivity contribution in [1.82, 2.24) is 5.32 Å². The van der Waals surface area contributed by atoms with Crippen LogP contribution in [0.25, 0.3) is 0 Å². The van der Waals surface area contributed by atoms with Gasteiger partial charge in [-0.25, -0.2) is 8.78 Å². The topological polar surface area (TPSA) is 12.0 Å². The summed E-state index contributed by atoms with van der Waals surface area (Å²) < 4.78 is 27.3. The monoisotopic (exact) mass is 241 g/mol. The van der Waals surface area contributed by atoms with Crippen LogP contribution in [-0.4, -0.2) is 7.05 Å². The van der Waals surface area contributed by atoms with E-state index in [1.807, 2.05) is 0 Å².